The molecule has 1 fully saturated rings. The van der Waals surface area contributed by atoms with Crippen molar-refractivity contribution in [1.29, 1.82) is 0 Å². The highest BCUT2D eigenvalue weighted by Crippen LogP contribution is 2.33. The molecule has 1 atom stereocenters. The fourth-order valence-electron chi connectivity index (χ4n) is 2.48. The van der Waals surface area contributed by atoms with Crippen LogP contribution < -0.4 is 5.73 Å². The van der Waals surface area contributed by atoms with E-state index in [1.165, 1.54) is 25.9 Å². The molecule has 0 radical (unpaired) electrons. The van der Waals surface area contributed by atoms with E-state index in [1.54, 1.807) is 0 Å². The van der Waals surface area contributed by atoms with E-state index in [4.69, 9.17) is 5.73 Å². The number of likely N-dealkylation sites (tertiary alicyclic amines) is 1. The molecule has 0 aromatic heterocycles. The third kappa shape index (κ3) is 4.52. The van der Waals surface area contributed by atoms with Crippen molar-refractivity contribution in [2.75, 3.05) is 19.6 Å². The van der Waals surface area contributed by atoms with Crippen molar-refractivity contribution in [3.05, 3.63) is 0 Å². The Bertz CT molecular complexity index is 198. The highest BCUT2D eigenvalue weighted by Gasteiger charge is 2.30. The minimum Gasteiger partial charge on any atom is -0.324 e. The van der Waals surface area contributed by atoms with Crippen LogP contribution in [0.25, 0.3) is 0 Å². The summed E-state index contributed by atoms with van der Waals surface area (Å²) in [6.45, 7) is 14.8. The molecule has 0 bridgehead atoms. The van der Waals surface area contributed by atoms with Crippen molar-refractivity contribution >= 4 is 0 Å². The van der Waals surface area contributed by atoms with E-state index >= 15 is 0 Å². The third-order valence-corrected chi connectivity index (χ3v) is 3.36. The molecule has 0 spiro atoms. The van der Waals surface area contributed by atoms with E-state index in [2.05, 4.69) is 39.5 Å². The number of nitrogens with zero attached hydrogens (tertiary/aromatic N) is 1. The zero-order chi connectivity index (χ0) is 11.7. The molecule has 0 saturated carbocycles. The Hall–Kier alpha value is -0.0800. The van der Waals surface area contributed by atoms with E-state index in [0.29, 0.717) is 5.41 Å². The van der Waals surface area contributed by atoms with Crippen LogP contribution >= 0.6 is 0 Å². The summed E-state index contributed by atoms with van der Waals surface area (Å²) in [7, 11) is 0. The van der Waals surface area contributed by atoms with Crippen LogP contribution in [0.4, 0.5) is 0 Å². The van der Waals surface area contributed by atoms with Crippen molar-refractivity contribution in [3.63, 3.8) is 0 Å². The first-order chi connectivity index (χ1) is 6.68. The van der Waals surface area contributed by atoms with E-state index in [9.17, 15) is 0 Å². The summed E-state index contributed by atoms with van der Waals surface area (Å²) in [6, 6.07) is 0. The third-order valence-electron chi connectivity index (χ3n) is 3.36. The first-order valence-electron chi connectivity index (χ1n) is 6.20. The minimum atomic E-state index is -0.0558. The molecule has 2 heteroatoms. The summed E-state index contributed by atoms with van der Waals surface area (Å²) in [5.74, 6) is 0.827. The lowest BCUT2D eigenvalue weighted by Gasteiger charge is -2.41. The second-order valence-corrected chi connectivity index (χ2v) is 6.93. The van der Waals surface area contributed by atoms with Gasteiger partial charge in [-0.3, -0.25) is 0 Å². The van der Waals surface area contributed by atoms with Gasteiger partial charge in [0.15, 0.2) is 0 Å². The molecular formula is C13H28N2. The van der Waals surface area contributed by atoms with Gasteiger partial charge in [-0.1, -0.05) is 20.8 Å². The fourth-order valence-corrected chi connectivity index (χ4v) is 2.48. The van der Waals surface area contributed by atoms with E-state index in [-0.39, 0.29) is 5.54 Å². The molecule has 15 heavy (non-hydrogen) atoms. The summed E-state index contributed by atoms with van der Waals surface area (Å²) in [4.78, 5) is 2.54. The quantitative estimate of drug-likeness (QED) is 0.762. The summed E-state index contributed by atoms with van der Waals surface area (Å²) in [5.41, 5.74) is 6.47. The number of piperidine rings is 1. The van der Waals surface area contributed by atoms with Crippen molar-refractivity contribution in [2.24, 2.45) is 17.1 Å². The van der Waals surface area contributed by atoms with Gasteiger partial charge < -0.3 is 10.6 Å². The van der Waals surface area contributed by atoms with Crippen LogP contribution in [-0.2, 0) is 0 Å². The van der Waals surface area contributed by atoms with Crippen LogP contribution in [0, 0.1) is 11.3 Å². The number of nitrogens with two attached hydrogens (primary N) is 1. The van der Waals surface area contributed by atoms with Crippen molar-refractivity contribution in [1.82, 2.24) is 4.90 Å². The maximum Gasteiger partial charge on any atom is 0.0226 e. The largest absolute Gasteiger partial charge is 0.324 e. The lowest BCUT2D eigenvalue weighted by molar-refractivity contribution is 0.0864. The highest BCUT2D eigenvalue weighted by atomic mass is 15.2. The Morgan fingerprint density at radius 2 is 1.80 bits per heavy atom. The first-order valence-corrected chi connectivity index (χ1v) is 6.20. The lowest BCUT2D eigenvalue weighted by atomic mass is 9.76. The molecule has 90 valence electrons. The Labute approximate surface area is 95.2 Å². The average Bonchev–Trinajstić information content (AvgIpc) is 1.99. The number of rotatable bonds is 2. The van der Waals surface area contributed by atoms with Gasteiger partial charge in [-0.05, 0) is 44.6 Å². The second-order valence-electron chi connectivity index (χ2n) is 6.93. The molecule has 2 nitrogen and oxygen atoms in total. The maximum absolute atomic E-state index is 6.08. The van der Waals surface area contributed by atoms with Gasteiger partial charge in [0, 0.05) is 18.6 Å². The van der Waals surface area contributed by atoms with E-state index < -0.39 is 0 Å². The molecule has 0 aromatic carbocycles. The molecule has 1 rings (SSSR count). The number of hydrogen-bond acceptors (Lipinski definition) is 2. The standard InChI is InChI=1S/C13H28N2/c1-12(2,3)11-7-6-8-15(9-11)10-13(4,5)14/h11H,6-10,14H2,1-5H3. The van der Waals surface area contributed by atoms with Gasteiger partial charge in [-0.25, -0.2) is 0 Å². The molecule has 1 aliphatic rings. The summed E-state index contributed by atoms with van der Waals surface area (Å²) in [5, 5.41) is 0. The van der Waals surface area contributed by atoms with Crippen LogP contribution in [0.2, 0.25) is 0 Å². The molecule has 2 N–H and O–H groups in total. The van der Waals surface area contributed by atoms with Gasteiger partial charge in [0.05, 0.1) is 0 Å². The summed E-state index contributed by atoms with van der Waals surface area (Å²) < 4.78 is 0. The molecule has 0 aliphatic carbocycles. The minimum absolute atomic E-state index is 0.0558. The van der Waals surface area contributed by atoms with Crippen molar-refractivity contribution < 1.29 is 0 Å². The Morgan fingerprint density at radius 3 is 2.27 bits per heavy atom. The van der Waals surface area contributed by atoms with Gasteiger partial charge in [0.1, 0.15) is 0 Å². The van der Waals surface area contributed by atoms with Crippen LogP contribution in [0.5, 0.6) is 0 Å². The zero-order valence-electron chi connectivity index (χ0n) is 11.1. The molecule has 0 aromatic rings. The van der Waals surface area contributed by atoms with Gasteiger partial charge in [-0.15, -0.1) is 0 Å². The molecule has 1 unspecified atom stereocenters. The summed E-state index contributed by atoms with van der Waals surface area (Å²) in [6.07, 6.45) is 2.71. The van der Waals surface area contributed by atoms with Gasteiger partial charge in [0.2, 0.25) is 0 Å². The smallest absolute Gasteiger partial charge is 0.0226 e. The van der Waals surface area contributed by atoms with Gasteiger partial charge >= 0.3 is 0 Å². The Kier molecular flexibility index (Phi) is 3.83. The Morgan fingerprint density at radius 1 is 1.20 bits per heavy atom. The van der Waals surface area contributed by atoms with Crippen LogP contribution in [0.3, 0.4) is 0 Å². The normalized spacial score (nSPS) is 25.6. The topological polar surface area (TPSA) is 29.3 Å². The van der Waals surface area contributed by atoms with E-state index in [0.717, 1.165) is 12.5 Å². The van der Waals surface area contributed by atoms with Crippen LogP contribution in [0.1, 0.15) is 47.5 Å². The van der Waals surface area contributed by atoms with Gasteiger partial charge in [0.25, 0.3) is 0 Å². The predicted octanol–water partition coefficient (Wildman–Crippen LogP) is 2.48. The summed E-state index contributed by atoms with van der Waals surface area (Å²) >= 11 is 0. The Balaban J connectivity index is 2.50. The molecule has 1 heterocycles. The molecule has 0 amide bonds. The maximum atomic E-state index is 6.08. The number of hydrogen-bond donors (Lipinski definition) is 1. The zero-order valence-corrected chi connectivity index (χ0v) is 11.1. The van der Waals surface area contributed by atoms with Crippen LogP contribution in [0.15, 0.2) is 0 Å². The first kappa shape index (κ1) is 13.0. The van der Waals surface area contributed by atoms with E-state index in [1.807, 2.05) is 0 Å². The molecule has 1 saturated heterocycles. The molecule has 1 aliphatic heterocycles. The van der Waals surface area contributed by atoms with Crippen molar-refractivity contribution in [2.45, 2.75) is 53.0 Å². The van der Waals surface area contributed by atoms with Gasteiger partial charge in [-0.2, -0.15) is 0 Å². The monoisotopic (exact) mass is 212 g/mol. The van der Waals surface area contributed by atoms with Crippen molar-refractivity contribution in [3.8, 4) is 0 Å². The lowest BCUT2D eigenvalue weighted by Crippen LogP contribution is -2.50. The van der Waals surface area contributed by atoms with Crippen LogP contribution in [-0.4, -0.2) is 30.1 Å². The SMILES string of the molecule is CC(C)(N)CN1CCCC(C(C)(C)C)C1. The molecular weight excluding hydrogens is 184 g/mol. The fraction of sp³-hybridized carbons (Fsp3) is 1.00. The second kappa shape index (κ2) is 4.42. The highest BCUT2D eigenvalue weighted by molar-refractivity contribution is 4.85. The average molecular weight is 212 g/mol. The predicted molar refractivity (Wildman–Crippen MR) is 66.9 cm³/mol.